The van der Waals surface area contributed by atoms with Gasteiger partial charge in [0.15, 0.2) is 12.1 Å². The minimum Gasteiger partial charge on any atom is -0.366 e. The molecule has 1 aromatic rings. The van der Waals surface area contributed by atoms with Crippen LogP contribution < -0.4 is 0 Å². The number of halogens is 1. The van der Waals surface area contributed by atoms with Gasteiger partial charge in [-0.25, -0.2) is 0 Å². The fourth-order valence-electron chi connectivity index (χ4n) is 2.93. The van der Waals surface area contributed by atoms with Gasteiger partial charge in [-0.1, -0.05) is 12.1 Å². The average molecular weight is 360 g/mol. The summed E-state index contributed by atoms with van der Waals surface area (Å²) in [6, 6.07) is 8.75. The van der Waals surface area contributed by atoms with Crippen LogP contribution in [-0.4, -0.2) is 23.8 Å². The number of aliphatic hydroxyl groups excluding tert-OH is 1. The molecule has 0 bridgehead atoms. The number of hydrogen-bond acceptors (Lipinski definition) is 3. The summed E-state index contributed by atoms with van der Waals surface area (Å²) in [6.07, 6.45) is 3.14. The van der Waals surface area contributed by atoms with E-state index < -0.39 is 12.1 Å². The third-order valence-corrected chi connectivity index (χ3v) is 4.65. The lowest BCUT2D eigenvalue weighted by Crippen LogP contribution is -2.35. The van der Waals surface area contributed by atoms with E-state index in [4.69, 9.17) is 9.47 Å². The van der Waals surface area contributed by atoms with E-state index in [2.05, 4.69) is 46.9 Å². The van der Waals surface area contributed by atoms with Crippen molar-refractivity contribution in [2.24, 2.45) is 0 Å². The second-order valence-electron chi connectivity index (χ2n) is 5.12. The zero-order chi connectivity index (χ0) is 12.6. The molecule has 1 aromatic carbocycles. The Morgan fingerprint density at radius 1 is 1.17 bits per heavy atom. The van der Waals surface area contributed by atoms with Gasteiger partial charge in [0.05, 0.1) is 0 Å². The van der Waals surface area contributed by atoms with Crippen LogP contribution in [0.1, 0.15) is 37.2 Å². The zero-order valence-corrected chi connectivity index (χ0v) is 12.3. The first-order valence-corrected chi connectivity index (χ1v) is 7.50. The molecule has 1 aliphatic carbocycles. The quantitative estimate of drug-likeness (QED) is 0.783. The summed E-state index contributed by atoms with van der Waals surface area (Å²) in [7, 11) is 0. The van der Waals surface area contributed by atoms with Gasteiger partial charge < -0.3 is 14.6 Å². The second-order valence-corrected chi connectivity index (χ2v) is 6.37. The lowest BCUT2D eigenvalue weighted by molar-refractivity contribution is -0.214. The summed E-state index contributed by atoms with van der Waals surface area (Å²) in [5, 5.41) is 9.41. The molecule has 0 amide bonds. The summed E-state index contributed by atoms with van der Waals surface area (Å²) < 4.78 is 12.4. The lowest BCUT2D eigenvalue weighted by atomic mass is 9.81. The number of rotatable bonds is 1. The Kier molecular flexibility index (Phi) is 3.62. The first-order valence-electron chi connectivity index (χ1n) is 6.42. The number of ether oxygens (including phenoxy) is 2. The molecular formula is C14H17IO3. The summed E-state index contributed by atoms with van der Waals surface area (Å²) in [6.45, 7) is 0.314. The Morgan fingerprint density at radius 3 is 2.39 bits per heavy atom. The summed E-state index contributed by atoms with van der Waals surface area (Å²) in [5.41, 5.74) is 1.41. The fraction of sp³-hybridized carbons (Fsp3) is 0.571. The first kappa shape index (κ1) is 12.8. The molecule has 3 nitrogen and oxygen atoms in total. The molecule has 4 heteroatoms. The molecular weight excluding hydrogens is 343 g/mol. The van der Waals surface area contributed by atoms with Crippen molar-refractivity contribution in [3.05, 3.63) is 33.4 Å². The van der Waals surface area contributed by atoms with Gasteiger partial charge in [-0.2, -0.15) is 0 Å². The molecule has 1 atom stereocenters. The minimum absolute atomic E-state index is 0.314. The van der Waals surface area contributed by atoms with Crippen LogP contribution in [0.4, 0.5) is 0 Å². The van der Waals surface area contributed by atoms with Crippen molar-refractivity contribution in [3.8, 4) is 0 Å². The van der Waals surface area contributed by atoms with E-state index in [1.807, 2.05) is 0 Å². The zero-order valence-electron chi connectivity index (χ0n) is 10.1. The average Bonchev–Trinajstić information content (AvgIpc) is 2.73. The van der Waals surface area contributed by atoms with Crippen LogP contribution in [0.15, 0.2) is 24.3 Å². The fourth-order valence-corrected chi connectivity index (χ4v) is 3.29. The molecule has 1 saturated carbocycles. The van der Waals surface area contributed by atoms with Crippen LogP contribution >= 0.6 is 22.6 Å². The maximum absolute atomic E-state index is 9.41. The Balaban J connectivity index is 1.65. The van der Waals surface area contributed by atoms with Gasteiger partial charge in [0.1, 0.15) is 6.61 Å². The molecule has 2 aliphatic rings. The van der Waals surface area contributed by atoms with Gasteiger partial charge in [-0.15, -0.1) is 0 Å². The number of hydrogen-bond donors (Lipinski definition) is 1. The molecule has 1 saturated heterocycles. The van der Waals surface area contributed by atoms with E-state index in [9.17, 15) is 5.11 Å². The highest BCUT2D eigenvalue weighted by molar-refractivity contribution is 14.1. The molecule has 0 aromatic heterocycles. The topological polar surface area (TPSA) is 38.7 Å². The van der Waals surface area contributed by atoms with Crippen molar-refractivity contribution in [2.75, 3.05) is 6.61 Å². The SMILES string of the molecule is OC1COC2(CCC(c3ccc(I)cc3)CC2)O1. The van der Waals surface area contributed by atoms with Gasteiger partial charge in [0.25, 0.3) is 0 Å². The summed E-state index contributed by atoms with van der Waals surface area (Å²) in [5.74, 6) is 0.0941. The third kappa shape index (κ3) is 2.57. The minimum atomic E-state index is -0.736. The van der Waals surface area contributed by atoms with Crippen molar-refractivity contribution in [2.45, 2.75) is 43.7 Å². The maximum Gasteiger partial charge on any atom is 0.181 e. The van der Waals surface area contributed by atoms with E-state index >= 15 is 0 Å². The summed E-state index contributed by atoms with van der Waals surface area (Å²) >= 11 is 2.33. The normalized spacial score (nSPS) is 36.1. The van der Waals surface area contributed by atoms with Crippen LogP contribution in [-0.2, 0) is 9.47 Å². The molecule has 1 N–H and O–H groups in total. The summed E-state index contributed by atoms with van der Waals surface area (Å²) in [4.78, 5) is 0. The predicted octanol–water partition coefficient (Wildman–Crippen LogP) is 3.01. The molecule has 18 heavy (non-hydrogen) atoms. The Bertz CT molecular complexity index is 410. The van der Waals surface area contributed by atoms with Crippen LogP contribution in [0.25, 0.3) is 0 Å². The Hall–Kier alpha value is -0.170. The molecule has 1 heterocycles. The van der Waals surface area contributed by atoms with E-state index in [-0.39, 0.29) is 0 Å². The van der Waals surface area contributed by atoms with Crippen LogP contribution in [0.5, 0.6) is 0 Å². The van der Waals surface area contributed by atoms with E-state index in [1.54, 1.807) is 0 Å². The monoisotopic (exact) mass is 360 g/mol. The molecule has 1 aliphatic heterocycles. The third-order valence-electron chi connectivity index (χ3n) is 3.93. The Labute approximate surface area is 121 Å². The second kappa shape index (κ2) is 5.07. The van der Waals surface area contributed by atoms with Gasteiger partial charge in [-0.3, -0.25) is 0 Å². The molecule has 1 unspecified atom stereocenters. The van der Waals surface area contributed by atoms with E-state index in [0.29, 0.717) is 12.5 Å². The highest BCUT2D eigenvalue weighted by Gasteiger charge is 2.43. The van der Waals surface area contributed by atoms with Crippen molar-refractivity contribution in [1.29, 1.82) is 0 Å². The van der Waals surface area contributed by atoms with Crippen molar-refractivity contribution >= 4 is 22.6 Å². The van der Waals surface area contributed by atoms with E-state index in [0.717, 1.165) is 25.7 Å². The highest BCUT2D eigenvalue weighted by Crippen LogP contribution is 2.43. The van der Waals surface area contributed by atoms with Crippen LogP contribution in [0, 0.1) is 3.57 Å². The van der Waals surface area contributed by atoms with Gasteiger partial charge in [0.2, 0.25) is 0 Å². The van der Waals surface area contributed by atoms with Crippen molar-refractivity contribution < 1.29 is 14.6 Å². The van der Waals surface area contributed by atoms with Crippen molar-refractivity contribution in [3.63, 3.8) is 0 Å². The number of aliphatic hydroxyl groups is 1. The van der Waals surface area contributed by atoms with Crippen LogP contribution in [0.3, 0.4) is 0 Å². The predicted molar refractivity (Wildman–Crippen MR) is 76.1 cm³/mol. The molecule has 0 radical (unpaired) electrons. The van der Waals surface area contributed by atoms with Gasteiger partial charge in [0, 0.05) is 16.4 Å². The standard InChI is InChI=1S/C14H17IO3/c15-12-3-1-10(2-4-12)11-5-7-14(8-6-11)17-9-13(16)18-14/h1-4,11,13,16H,5-9H2. The molecule has 2 fully saturated rings. The highest BCUT2D eigenvalue weighted by atomic mass is 127. The smallest absolute Gasteiger partial charge is 0.181 e. The van der Waals surface area contributed by atoms with Crippen molar-refractivity contribution in [1.82, 2.24) is 0 Å². The maximum atomic E-state index is 9.41. The molecule has 98 valence electrons. The Morgan fingerprint density at radius 2 is 1.83 bits per heavy atom. The molecule has 3 rings (SSSR count). The largest absolute Gasteiger partial charge is 0.366 e. The van der Waals surface area contributed by atoms with E-state index in [1.165, 1.54) is 9.13 Å². The number of benzene rings is 1. The molecule has 1 spiro atoms. The van der Waals surface area contributed by atoms with Gasteiger partial charge >= 0.3 is 0 Å². The van der Waals surface area contributed by atoms with Crippen LogP contribution in [0.2, 0.25) is 0 Å². The first-order chi connectivity index (χ1) is 8.67. The lowest BCUT2D eigenvalue weighted by Gasteiger charge is -2.35. The van der Waals surface area contributed by atoms with Gasteiger partial charge in [-0.05, 0) is 59.0 Å².